The summed E-state index contributed by atoms with van der Waals surface area (Å²) >= 11 is 0. The van der Waals surface area contributed by atoms with E-state index in [4.69, 9.17) is 15.6 Å². The number of carboxylic acids is 1. The lowest BCUT2D eigenvalue weighted by molar-refractivity contribution is -0.139. The van der Waals surface area contributed by atoms with Crippen molar-refractivity contribution in [1.82, 2.24) is 4.31 Å². The van der Waals surface area contributed by atoms with Crippen molar-refractivity contribution in [2.24, 2.45) is 0 Å². The summed E-state index contributed by atoms with van der Waals surface area (Å²) < 4.78 is 59.3. The number of sulfonamides is 1. The molecule has 0 bridgehead atoms. The first-order chi connectivity index (χ1) is 15.1. The molecule has 0 saturated carbocycles. The molecule has 0 aliphatic heterocycles. The first-order valence-electron chi connectivity index (χ1n) is 9.32. The smallest absolute Gasteiger partial charge is 0.341 e. The van der Waals surface area contributed by atoms with Crippen LogP contribution in [-0.2, 0) is 21.4 Å². The van der Waals surface area contributed by atoms with Gasteiger partial charge in [0.25, 0.3) is 0 Å². The number of carboxylic acid groups (broad SMARTS) is 1. The molecule has 0 unspecified atom stereocenters. The molecule has 3 rings (SSSR count). The molecule has 0 aromatic heterocycles. The van der Waals surface area contributed by atoms with Crippen molar-refractivity contribution in [3.8, 4) is 16.9 Å². The largest absolute Gasteiger partial charge is 0.481 e. The van der Waals surface area contributed by atoms with Crippen LogP contribution in [0.4, 0.5) is 14.5 Å². The number of aliphatic carboxylic acids is 1. The molecule has 0 aliphatic carbocycles. The van der Waals surface area contributed by atoms with Gasteiger partial charge in [-0.1, -0.05) is 12.1 Å². The highest BCUT2D eigenvalue weighted by molar-refractivity contribution is 7.89. The average molecular weight is 462 g/mol. The molecule has 7 nitrogen and oxygen atoms in total. The van der Waals surface area contributed by atoms with E-state index >= 15 is 0 Å². The lowest BCUT2D eigenvalue weighted by atomic mass is 10.0. The second-order valence-electron chi connectivity index (χ2n) is 7.00. The highest BCUT2D eigenvalue weighted by atomic mass is 32.2. The zero-order chi connectivity index (χ0) is 23.5. The molecule has 0 heterocycles. The minimum Gasteiger partial charge on any atom is -0.481 e. The second-order valence-corrected chi connectivity index (χ2v) is 9.05. The highest BCUT2D eigenvalue weighted by Gasteiger charge is 2.22. The lowest BCUT2D eigenvalue weighted by Gasteiger charge is -2.19. The van der Waals surface area contributed by atoms with Crippen LogP contribution in [0.3, 0.4) is 0 Å². The van der Waals surface area contributed by atoms with Gasteiger partial charge in [-0.25, -0.2) is 22.0 Å². The minimum absolute atomic E-state index is 0.0874. The van der Waals surface area contributed by atoms with Crippen molar-refractivity contribution >= 4 is 21.7 Å². The van der Waals surface area contributed by atoms with E-state index in [0.717, 1.165) is 22.5 Å². The van der Waals surface area contributed by atoms with Crippen LogP contribution in [-0.4, -0.2) is 37.5 Å². The number of carbonyl (C=O) groups is 1. The molecule has 0 radical (unpaired) electrons. The highest BCUT2D eigenvalue weighted by Crippen LogP contribution is 2.33. The van der Waals surface area contributed by atoms with Crippen LogP contribution in [0.15, 0.2) is 65.6 Å². The van der Waals surface area contributed by atoms with Gasteiger partial charge >= 0.3 is 5.97 Å². The van der Waals surface area contributed by atoms with Crippen LogP contribution >= 0.6 is 0 Å². The summed E-state index contributed by atoms with van der Waals surface area (Å²) in [4.78, 5) is 10.7. The first-order valence-corrected chi connectivity index (χ1v) is 10.8. The van der Waals surface area contributed by atoms with E-state index in [1.807, 2.05) is 0 Å². The van der Waals surface area contributed by atoms with Crippen molar-refractivity contribution in [3.05, 3.63) is 77.9 Å². The molecule has 0 spiro atoms. The van der Waals surface area contributed by atoms with Crippen molar-refractivity contribution in [3.63, 3.8) is 0 Å². The van der Waals surface area contributed by atoms with E-state index in [1.165, 1.54) is 37.4 Å². The second kappa shape index (κ2) is 9.33. The standard InChI is InChI=1S/C22H20F2N2O5S/c1-26(32(29,30)19-4-2-3-16(23)11-19)12-14-5-6-21(31-13-22(27)28)20(7-14)15-8-17(24)10-18(25)9-15/h2-11H,12-13,25H2,1H3,(H,27,28). The van der Waals surface area contributed by atoms with Crippen LogP contribution in [0, 0.1) is 11.6 Å². The third-order valence-electron chi connectivity index (χ3n) is 4.54. The molecular weight excluding hydrogens is 442 g/mol. The third-order valence-corrected chi connectivity index (χ3v) is 6.34. The number of halogens is 2. The van der Waals surface area contributed by atoms with E-state index in [-0.39, 0.29) is 22.9 Å². The van der Waals surface area contributed by atoms with Crippen molar-refractivity contribution in [2.75, 3.05) is 19.4 Å². The summed E-state index contributed by atoms with van der Waals surface area (Å²) in [6, 6.07) is 13.1. The fraction of sp³-hybridized carbons (Fsp3) is 0.136. The quantitative estimate of drug-likeness (QED) is 0.496. The van der Waals surface area contributed by atoms with Crippen LogP contribution in [0.2, 0.25) is 0 Å². The Hall–Kier alpha value is -3.50. The fourth-order valence-corrected chi connectivity index (χ4v) is 4.27. The number of hydrogen-bond donors (Lipinski definition) is 2. The molecule has 0 atom stereocenters. The van der Waals surface area contributed by atoms with E-state index in [1.54, 1.807) is 12.1 Å². The summed E-state index contributed by atoms with van der Waals surface area (Å²) in [7, 11) is -2.64. The van der Waals surface area contributed by atoms with Gasteiger partial charge in [0.15, 0.2) is 6.61 Å². The molecule has 3 aromatic rings. The maximum atomic E-state index is 13.9. The summed E-state index contributed by atoms with van der Waals surface area (Å²) in [6.45, 7) is -0.707. The topological polar surface area (TPSA) is 110 Å². The molecule has 3 aromatic carbocycles. The maximum Gasteiger partial charge on any atom is 0.341 e. The van der Waals surface area contributed by atoms with Gasteiger partial charge in [0, 0.05) is 24.8 Å². The number of anilines is 1. The molecule has 0 saturated heterocycles. The molecule has 0 amide bonds. The Morgan fingerprint density at radius 2 is 1.81 bits per heavy atom. The van der Waals surface area contributed by atoms with E-state index < -0.39 is 34.2 Å². The Morgan fingerprint density at radius 3 is 2.47 bits per heavy atom. The predicted octanol–water partition coefficient (Wildman–Crippen LogP) is 3.50. The van der Waals surface area contributed by atoms with Crippen LogP contribution in [0.5, 0.6) is 5.75 Å². The summed E-state index contributed by atoms with van der Waals surface area (Å²) in [5.41, 5.74) is 7.06. The molecule has 32 heavy (non-hydrogen) atoms. The lowest BCUT2D eigenvalue weighted by Crippen LogP contribution is -2.26. The van der Waals surface area contributed by atoms with Crippen molar-refractivity contribution in [2.45, 2.75) is 11.4 Å². The number of ether oxygens (including phenoxy) is 1. The molecule has 0 aliphatic rings. The first kappa shape index (κ1) is 23.2. The Labute approximate surface area is 183 Å². The van der Waals surface area contributed by atoms with Gasteiger partial charge in [-0.15, -0.1) is 0 Å². The van der Waals surface area contributed by atoms with Gasteiger partial charge < -0.3 is 15.6 Å². The number of benzene rings is 3. The summed E-state index contributed by atoms with van der Waals surface area (Å²) in [5.74, 6) is -2.30. The van der Waals surface area contributed by atoms with Crippen LogP contribution < -0.4 is 10.5 Å². The van der Waals surface area contributed by atoms with E-state index in [2.05, 4.69) is 0 Å². The number of nitrogens with zero attached hydrogens (tertiary/aromatic N) is 1. The van der Waals surface area contributed by atoms with Gasteiger partial charge in [0.05, 0.1) is 4.90 Å². The van der Waals surface area contributed by atoms with Gasteiger partial charge in [-0.3, -0.25) is 0 Å². The number of hydrogen-bond acceptors (Lipinski definition) is 5. The molecule has 168 valence electrons. The summed E-state index contributed by atoms with van der Waals surface area (Å²) in [6.07, 6.45) is 0. The number of nitrogens with two attached hydrogens (primary N) is 1. The van der Waals surface area contributed by atoms with Gasteiger partial charge in [-0.05, 0) is 59.7 Å². The zero-order valence-corrected chi connectivity index (χ0v) is 17.8. The minimum atomic E-state index is -3.98. The van der Waals surface area contributed by atoms with E-state index in [0.29, 0.717) is 16.7 Å². The molecule has 3 N–H and O–H groups in total. The van der Waals surface area contributed by atoms with Crippen LogP contribution in [0.25, 0.3) is 11.1 Å². The zero-order valence-electron chi connectivity index (χ0n) is 17.0. The fourth-order valence-electron chi connectivity index (χ4n) is 3.08. The van der Waals surface area contributed by atoms with Crippen LogP contribution in [0.1, 0.15) is 5.56 Å². The molecular formula is C22H20F2N2O5S. The Kier molecular flexibility index (Phi) is 6.75. The number of rotatable bonds is 8. The molecule has 10 heteroatoms. The van der Waals surface area contributed by atoms with Gasteiger partial charge in [0.2, 0.25) is 10.0 Å². The van der Waals surface area contributed by atoms with E-state index in [9.17, 15) is 22.0 Å². The normalized spacial score (nSPS) is 11.5. The van der Waals surface area contributed by atoms with Crippen molar-refractivity contribution in [1.29, 1.82) is 0 Å². The SMILES string of the molecule is CN(Cc1ccc(OCC(=O)O)c(-c2cc(N)cc(F)c2)c1)S(=O)(=O)c1cccc(F)c1. The molecule has 0 fully saturated rings. The van der Waals surface area contributed by atoms with Gasteiger partial charge in [0.1, 0.15) is 17.4 Å². The van der Waals surface area contributed by atoms with Gasteiger partial charge in [-0.2, -0.15) is 4.31 Å². The van der Waals surface area contributed by atoms with Crippen molar-refractivity contribution < 1.29 is 31.8 Å². The monoisotopic (exact) mass is 462 g/mol. The Balaban J connectivity index is 1.97. The summed E-state index contributed by atoms with van der Waals surface area (Å²) in [5, 5.41) is 8.91. The Bertz CT molecular complexity index is 1240. The maximum absolute atomic E-state index is 13.9. The predicted molar refractivity (Wildman–Crippen MR) is 114 cm³/mol. The third kappa shape index (κ3) is 5.40. The Morgan fingerprint density at radius 1 is 1.06 bits per heavy atom. The average Bonchev–Trinajstić information content (AvgIpc) is 2.72. The number of nitrogen functional groups attached to an aromatic ring is 1.